The Morgan fingerprint density at radius 3 is 2.50 bits per heavy atom. The maximum Gasteiger partial charge on any atom is 0.407 e. The molecule has 5 heteroatoms. The molecule has 0 fully saturated rings. The van der Waals surface area contributed by atoms with Crippen LogP contribution in [0.1, 0.15) is 50.7 Å². The minimum Gasteiger partial charge on any atom is -0.444 e. The highest BCUT2D eigenvalue weighted by Crippen LogP contribution is 2.19. The zero-order valence-electron chi connectivity index (χ0n) is 12.7. The molecule has 2 atom stereocenters. The van der Waals surface area contributed by atoms with Crippen molar-refractivity contribution >= 4 is 23.2 Å². The van der Waals surface area contributed by atoms with Gasteiger partial charge in [0.25, 0.3) is 0 Å². The van der Waals surface area contributed by atoms with Crippen LogP contribution in [0.25, 0.3) is 0 Å². The number of alkyl carbamates (subject to hydrolysis) is 1. The van der Waals surface area contributed by atoms with E-state index >= 15 is 0 Å². The molecule has 1 rings (SSSR count). The van der Waals surface area contributed by atoms with E-state index < -0.39 is 11.7 Å². The summed E-state index contributed by atoms with van der Waals surface area (Å²) in [5.74, 6) is -0.214. The van der Waals surface area contributed by atoms with Crippen molar-refractivity contribution in [1.29, 1.82) is 0 Å². The molecule has 0 spiro atoms. The molecule has 0 saturated carbocycles. The van der Waals surface area contributed by atoms with Gasteiger partial charge in [0.1, 0.15) is 5.60 Å². The lowest BCUT2D eigenvalue weighted by atomic mass is 9.94. The van der Waals surface area contributed by atoms with Crippen LogP contribution in [0.3, 0.4) is 0 Å². The third-order valence-electron chi connectivity index (χ3n) is 2.92. The van der Waals surface area contributed by atoms with Crippen LogP contribution in [-0.4, -0.2) is 23.5 Å². The molecule has 0 bridgehead atoms. The fraction of sp³-hybridized carbons (Fsp3) is 0.600. The second-order valence-corrected chi connectivity index (χ2v) is 6.74. The van der Waals surface area contributed by atoms with Gasteiger partial charge in [0.15, 0.2) is 5.78 Å². The van der Waals surface area contributed by atoms with E-state index in [1.807, 2.05) is 52.1 Å². The molecule has 0 aliphatic rings. The Labute approximate surface area is 124 Å². The first kappa shape index (κ1) is 16.7. The highest BCUT2D eigenvalue weighted by Gasteiger charge is 2.27. The minimum atomic E-state index is -0.538. The molecule has 2 unspecified atom stereocenters. The van der Waals surface area contributed by atoms with E-state index in [2.05, 4.69) is 5.32 Å². The molecule has 0 saturated heterocycles. The van der Waals surface area contributed by atoms with Crippen LogP contribution in [-0.2, 0) is 4.74 Å². The number of amides is 1. The van der Waals surface area contributed by atoms with Gasteiger partial charge in [0, 0.05) is 12.0 Å². The second kappa shape index (κ2) is 6.88. The lowest BCUT2D eigenvalue weighted by Gasteiger charge is -2.25. The van der Waals surface area contributed by atoms with E-state index in [4.69, 9.17) is 4.74 Å². The largest absolute Gasteiger partial charge is 0.444 e. The molecule has 4 nitrogen and oxygen atoms in total. The van der Waals surface area contributed by atoms with Crippen molar-refractivity contribution in [3.63, 3.8) is 0 Å². The lowest BCUT2D eigenvalue weighted by Crippen LogP contribution is -2.44. The van der Waals surface area contributed by atoms with E-state index in [0.29, 0.717) is 6.42 Å². The average Bonchev–Trinajstić information content (AvgIpc) is 2.85. The zero-order valence-corrected chi connectivity index (χ0v) is 13.5. The number of carbonyl (C=O) groups is 2. The van der Waals surface area contributed by atoms with Crippen molar-refractivity contribution in [3.05, 3.63) is 22.4 Å². The predicted molar refractivity (Wildman–Crippen MR) is 81.3 cm³/mol. The van der Waals surface area contributed by atoms with Gasteiger partial charge in [0.2, 0.25) is 0 Å². The van der Waals surface area contributed by atoms with E-state index in [9.17, 15) is 9.59 Å². The van der Waals surface area contributed by atoms with Crippen LogP contribution in [0.2, 0.25) is 0 Å². The molecule has 0 radical (unpaired) electrons. The van der Waals surface area contributed by atoms with E-state index in [1.165, 1.54) is 11.3 Å². The highest BCUT2D eigenvalue weighted by atomic mass is 32.1. The van der Waals surface area contributed by atoms with Gasteiger partial charge in [-0.1, -0.05) is 19.9 Å². The minimum absolute atomic E-state index is 0.0582. The molecule has 0 aliphatic carbocycles. The number of rotatable bonds is 5. The van der Waals surface area contributed by atoms with Crippen LogP contribution < -0.4 is 5.32 Å². The number of ketones is 1. The number of ether oxygens (including phenoxy) is 1. The highest BCUT2D eigenvalue weighted by molar-refractivity contribution is 7.12. The number of thiophene rings is 1. The topological polar surface area (TPSA) is 55.4 Å². The smallest absolute Gasteiger partial charge is 0.407 e. The fourth-order valence-electron chi connectivity index (χ4n) is 1.87. The van der Waals surface area contributed by atoms with Crippen LogP contribution in [0.5, 0.6) is 0 Å². The molecule has 1 N–H and O–H groups in total. The van der Waals surface area contributed by atoms with Crippen molar-refractivity contribution < 1.29 is 14.3 Å². The fourth-order valence-corrected chi connectivity index (χ4v) is 2.63. The summed E-state index contributed by atoms with van der Waals surface area (Å²) in [4.78, 5) is 24.8. The van der Waals surface area contributed by atoms with Gasteiger partial charge < -0.3 is 10.1 Å². The maximum absolute atomic E-state index is 12.3. The molecule has 1 aromatic rings. The summed E-state index contributed by atoms with van der Waals surface area (Å²) in [7, 11) is 0. The molecule has 1 heterocycles. The third kappa shape index (κ3) is 4.96. The van der Waals surface area contributed by atoms with Crippen molar-refractivity contribution in [2.45, 2.75) is 52.7 Å². The zero-order chi connectivity index (χ0) is 15.3. The number of hydrogen-bond acceptors (Lipinski definition) is 4. The van der Waals surface area contributed by atoms with Gasteiger partial charge in [0.05, 0.1) is 4.88 Å². The first-order valence-electron chi connectivity index (χ1n) is 6.82. The normalized spacial score (nSPS) is 14.4. The summed E-state index contributed by atoms with van der Waals surface area (Å²) in [6.45, 7) is 9.23. The Hall–Kier alpha value is -1.36. The lowest BCUT2D eigenvalue weighted by molar-refractivity contribution is 0.0485. The SMILES string of the molecule is CCC(NC(=O)OC(C)(C)C)C(C)C(=O)c1cccs1. The number of carbonyl (C=O) groups excluding carboxylic acids is 2. The number of nitrogens with one attached hydrogen (secondary N) is 1. The quantitative estimate of drug-likeness (QED) is 0.839. The van der Waals surface area contributed by atoms with Crippen molar-refractivity contribution in [2.75, 3.05) is 0 Å². The molecule has 1 amide bonds. The number of hydrogen-bond donors (Lipinski definition) is 1. The van der Waals surface area contributed by atoms with E-state index in [0.717, 1.165) is 4.88 Å². The number of Topliss-reactive ketones (excluding diaryl/α,β-unsaturated/α-hetero) is 1. The Bertz CT molecular complexity index is 448. The van der Waals surface area contributed by atoms with Crippen LogP contribution >= 0.6 is 11.3 Å². The summed E-state index contributed by atoms with van der Waals surface area (Å²) >= 11 is 1.42. The van der Waals surface area contributed by atoms with Crippen LogP contribution in [0, 0.1) is 5.92 Å². The summed E-state index contributed by atoms with van der Waals surface area (Å²) in [5.41, 5.74) is -0.538. The molecular formula is C15H23NO3S. The summed E-state index contributed by atoms with van der Waals surface area (Å²) < 4.78 is 5.23. The van der Waals surface area contributed by atoms with Gasteiger partial charge >= 0.3 is 6.09 Å². The van der Waals surface area contributed by atoms with Crippen molar-refractivity contribution in [1.82, 2.24) is 5.32 Å². The van der Waals surface area contributed by atoms with Gasteiger partial charge in [-0.2, -0.15) is 0 Å². The molecule has 0 aromatic carbocycles. The van der Waals surface area contributed by atoms with E-state index in [-0.39, 0.29) is 17.7 Å². The van der Waals surface area contributed by atoms with Crippen molar-refractivity contribution in [3.8, 4) is 0 Å². The summed E-state index contributed by atoms with van der Waals surface area (Å²) in [6, 6.07) is 3.44. The molecule has 1 aromatic heterocycles. The Kier molecular flexibility index (Phi) is 5.74. The summed E-state index contributed by atoms with van der Waals surface area (Å²) in [6.07, 6.45) is 0.201. The van der Waals surface area contributed by atoms with Crippen LogP contribution in [0.4, 0.5) is 4.79 Å². The maximum atomic E-state index is 12.3. The van der Waals surface area contributed by atoms with Gasteiger partial charge in [-0.3, -0.25) is 4.79 Å². The van der Waals surface area contributed by atoms with Gasteiger partial charge in [-0.25, -0.2) is 4.79 Å². The monoisotopic (exact) mass is 297 g/mol. The molecular weight excluding hydrogens is 274 g/mol. The summed E-state index contributed by atoms with van der Waals surface area (Å²) in [5, 5.41) is 4.67. The molecule has 112 valence electrons. The third-order valence-corrected chi connectivity index (χ3v) is 3.81. The first-order chi connectivity index (χ1) is 9.24. The Morgan fingerprint density at radius 1 is 1.40 bits per heavy atom. The first-order valence-corrected chi connectivity index (χ1v) is 7.69. The van der Waals surface area contributed by atoms with Gasteiger partial charge in [-0.05, 0) is 38.6 Å². The average molecular weight is 297 g/mol. The Morgan fingerprint density at radius 2 is 2.05 bits per heavy atom. The molecule has 0 aliphatic heterocycles. The second-order valence-electron chi connectivity index (χ2n) is 5.79. The molecule has 20 heavy (non-hydrogen) atoms. The van der Waals surface area contributed by atoms with Gasteiger partial charge in [-0.15, -0.1) is 11.3 Å². The van der Waals surface area contributed by atoms with Crippen molar-refractivity contribution in [2.24, 2.45) is 5.92 Å². The predicted octanol–water partition coefficient (Wildman–Crippen LogP) is 3.87. The van der Waals surface area contributed by atoms with Crippen LogP contribution in [0.15, 0.2) is 17.5 Å². The van der Waals surface area contributed by atoms with E-state index in [1.54, 1.807) is 0 Å². The Balaban J connectivity index is 2.66. The standard InChI is InChI=1S/C15H23NO3S/c1-6-11(16-14(18)19-15(3,4)5)10(2)13(17)12-8-7-9-20-12/h7-11H,6H2,1-5H3,(H,16,18).